The first-order valence-electron chi connectivity index (χ1n) is 7.62. The second-order valence-corrected chi connectivity index (χ2v) is 6.31. The van der Waals surface area contributed by atoms with Gasteiger partial charge in [0.1, 0.15) is 12.4 Å². The number of halogens is 5. The third kappa shape index (κ3) is 6.21. The molecule has 0 spiro atoms. The van der Waals surface area contributed by atoms with Crippen LogP contribution in [-0.2, 0) is 22.8 Å². The van der Waals surface area contributed by atoms with Gasteiger partial charge in [-0.3, -0.25) is 5.41 Å². The van der Waals surface area contributed by atoms with E-state index in [2.05, 4.69) is 4.84 Å². The summed E-state index contributed by atoms with van der Waals surface area (Å²) in [6.07, 6.45) is -5.21. The molecule has 2 rings (SSSR count). The Balaban J connectivity index is 2.07. The summed E-state index contributed by atoms with van der Waals surface area (Å²) in [5.41, 5.74) is 6.22. The number of benzene rings is 2. The van der Waals surface area contributed by atoms with Crippen LogP contribution in [0.5, 0.6) is 5.75 Å². The van der Waals surface area contributed by atoms with E-state index in [4.69, 9.17) is 39.1 Å². The van der Waals surface area contributed by atoms with Crippen molar-refractivity contribution in [3.05, 3.63) is 63.6 Å². The number of rotatable bonds is 5. The molecule has 0 radical (unpaired) electrons. The number of nitrogens with two attached hydrogens (primary N) is 1. The van der Waals surface area contributed by atoms with E-state index < -0.39 is 18.1 Å². The number of carbonyl (C=O) groups excluding carboxylic acids is 1. The number of ether oxygens (including phenoxy) is 1. The van der Waals surface area contributed by atoms with Gasteiger partial charge in [-0.2, -0.15) is 18.2 Å². The van der Waals surface area contributed by atoms with E-state index in [1.54, 1.807) is 30.3 Å². The second-order valence-electron chi connectivity index (χ2n) is 5.47. The van der Waals surface area contributed by atoms with Crippen LogP contribution in [-0.4, -0.2) is 23.2 Å². The minimum Gasteiger partial charge on any atom is -0.489 e. The lowest BCUT2D eigenvalue weighted by Crippen LogP contribution is -2.41. The van der Waals surface area contributed by atoms with Crippen LogP contribution in [0.4, 0.5) is 13.2 Å². The second kappa shape index (κ2) is 9.03. The maximum absolute atomic E-state index is 12.3. The van der Waals surface area contributed by atoms with E-state index in [1.807, 2.05) is 0 Å². The van der Waals surface area contributed by atoms with Crippen LogP contribution in [0.1, 0.15) is 11.1 Å². The van der Waals surface area contributed by atoms with Gasteiger partial charge in [-0.15, -0.1) is 0 Å². The highest BCUT2D eigenvalue weighted by molar-refractivity contribution is 6.33. The molecule has 0 bridgehead atoms. The Kier molecular flexibility index (Phi) is 6.98. The molecule has 2 aromatic carbocycles. The Bertz CT molecular complexity index is 878. The van der Waals surface area contributed by atoms with Gasteiger partial charge in [0.05, 0.1) is 6.54 Å². The van der Waals surface area contributed by atoms with Crippen LogP contribution in [0.15, 0.2) is 42.5 Å². The van der Waals surface area contributed by atoms with Gasteiger partial charge in [0.2, 0.25) is 5.96 Å². The fourth-order valence-electron chi connectivity index (χ4n) is 2.03. The Morgan fingerprint density at radius 2 is 1.89 bits per heavy atom. The van der Waals surface area contributed by atoms with Crippen molar-refractivity contribution in [3.8, 4) is 5.75 Å². The van der Waals surface area contributed by atoms with Gasteiger partial charge in [0.15, 0.2) is 0 Å². The molecule has 0 amide bonds. The third-order valence-electron chi connectivity index (χ3n) is 3.32. The number of hydroxylamine groups is 2. The van der Waals surface area contributed by atoms with Crippen molar-refractivity contribution in [2.75, 3.05) is 0 Å². The molecule has 11 heteroatoms. The predicted molar refractivity (Wildman–Crippen MR) is 96.8 cm³/mol. The summed E-state index contributed by atoms with van der Waals surface area (Å²) in [7, 11) is 0. The van der Waals surface area contributed by atoms with Crippen molar-refractivity contribution in [1.82, 2.24) is 5.06 Å². The molecule has 0 aliphatic rings. The fourth-order valence-corrected chi connectivity index (χ4v) is 2.40. The number of nitrogens with zero attached hydrogens (tertiary/aromatic N) is 1. The maximum Gasteiger partial charge on any atom is 0.493 e. The molecular weight excluding hydrogens is 422 g/mol. The smallest absolute Gasteiger partial charge is 0.489 e. The molecule has 0 saturated heterocycles. The summed E-state index contributed by atoms with van der Waals surface area (Å²) >= 11 is 12.0. The molecule has 28 heavy (non-hydrogen) atoms. The average molecular weight is 436 g/mol. The molecule has 6 nitrogen and oxygen atoms in total. The van der Waals surface area contributed by atoms with Crippen molar-refractivity contribution in [2.45, 2.75) is 19.3 Å². The molecule has 0 unspecified atom stereocenters. The minimum absolute atomic E-state index is 0.0995. The van der Waals surface area contributed by atoms with Gasteiger partial charge in [0, 0.05) is 15.6 Å². The lowest BCUT2D eigenvalue weighted by Gasteiger charge is -2.21. The molecule has 0 atom stereocenters. The van der Waals surface area contributed by atoms with Crippen molar-refractivity contribution in [3.63, 3.8) is 0 Å². The quantitative estimate of drug-likeness (QED) is 0.415. The van der Waals surface area contributed by atoms with Crippen LogP contribution >= 0.6 is 23.2 Å². The first-order valence-corrected chi connectivity index (χ1v) is 8.38. The normalized spacial score (nSPS) is 11.0. The monoisotopic (exact) mass is 435 g/mol. The van der Waals surface area contributed by atoms with Gasteiger partial charge in [-0.05, 0) is 35.9 Å². The van der Waals surface area contributed by atoms with Crippen LogP contribution in [0.2, 0.25) is 10.0 Å². The zero-order valence-electron chi connectivity index (χ0n) is 14.1. The summed E-state index contributed by atoms with van der Waals surface area (Å²) in [6, 6.07) is 11.1. The van der Waals surface area contributed by atoms with Gasteiger partial charge in [-0.25, -0.2) is 4.79 Å². The molecule has 0 heterocycles. The average Bonchev–Trinajstić information content (AvgIpc) is 2.61. The van der Waals surface area contributed by atoms with E-state index in [-0.39, 0.29) is 13.2 Å². The van der Waals surface area contributed by atoms with E-state index in [9.17, 15) is 18.0 Å². The van der Waals surface area contributed by atoms with Crippen molar-refractivity contribution >= 4 is 35.1 Å². The third-order valence-corrected chi connectivity index (χ3v) is 3.92. The van der Waals surface area contributed by atoms with E-state index in [0.29, 0.717) is 32.0 Å². The van der Waals surface area contributed by atoms with Crippen LogP contribution in [0, 0.1) is 5.41 Å². The molecule has 0 aromatic heterocycles. The standard InChI is InChI=1S/C17H14Cl2F3N3O3/c18-12-4-5-14(19)11(7-12)9-27-13-3-1-2-10(6-13)8-25(16(23)24)28-15(26)17(20,21)22/h1-7H,8-9H2,(H3,23,24). The molecule has 3 N–H and O–H groups in total. The number of nitrogens with one attached hydrogen (secondary N) is 1. The SMILES string of the molecule is N=C(N)N(Cc1cccc(OCc2cc(Cl)ccc2Cl)c1)OC(=O)C(F)(F)F. The number of carbonyl (C=O) groups is 1. The molecule has 0 aliphatic heterocycles. The van der Waals surface area contributed by atoms with Crippen molar-refractivity contribution < 1.29 is 27.5 Å². The molecular formula is C17H14Cl2F3N3O3. The number of alkyl halides is 3. The fraction of sp³-hybridized carbons (Fsp3) is 0.176. The lowest BCUT2D eigenvalue weighted by molar-refractivity contribution is -0.227. The highest BCUT2D eigenvalue weighted by Crippen LogP contribution is 2.24. The highest BCUT2D eigenvalue weighted by atomic mass is 35.5. The molecule has 150 valence electrons. The lowest BCUT2D eigenvalue weighted by atomic mass is 10.2. The van der Waals surface area contributed by atoms with Gasteiger partial charge in [-0.1, -0.05) is 35.3 Å². The molecule has 0 aliphatic carbocycles. The Hall–Kier alpha value is -2.65. The first kappa shape index (κ1) is 21.6. The highest BCUT2D eigenvalue weighted by Gasteiger charge is 2.43. The molecule has 2 aromatic rings. The zero-order valence-corrected chi connectivity index (χ0v) is 15.6. The summed E-state index contributed by atoms with van der Waals surface area (Å²) in [6.45, 7) is -0.283. The van der Waals surface area contributed by atoms with Gasteiger partial charge >= 0.3 is 12.1 Å². The first-order chi connectivity index (χ1) is 13.1. The summed E-state index contributed by atoms with van der Waals surface area (Å²) in [5, 5.41) is 8.56. The van der Waals surface area contributed by atoms with E-state index in [1.165, 1.54) is 12.1 Å². The minimum atomic E-state index is -5.21. The van der Waals surface area contributed by atoms with E-state index in [0.717, 1.165) is 0 Å². The number of hydrogen-bond donors (Lipinski definition) is 2. The maximum atomic E-state index is 12.3. The Labute approximate surface area is 168 Å². The Morgan fingerprint density at radius 1 is 1.18 bits per heavy atom. The Morgan fingerprint density at radius 3 is 2.54 bits per heavy atom. The zero-order chi connectivity index (χ0) is 20.9. The molecule has 0 saturated carbocycles. The predicted octanol–water partition coefficient (Wildman–Crippen LogP) is 4.29. The van der Waals surface area contributed by atoms with E-state index >= 15 is 0 Å². The molecule has 0 fully saturated rings. The topological polar surface area (TPSA) is 88.6 Å². The van der Waals surface area contributed by atoms with Crippen LogP contribution in [0.25, 0.3) is 0 Å². The summed E-state index contributed by atoms with van der Waals surface area (Å²) in [5.74, 6) is -2.97. The van der Waals surface area contributed by atoms with Gasteiger partial charge in [0.25, 0.3) is 0 Å². The summed E-state index contributed by atoms with van der Waals surface area (Å²) in [4.78, 5) is 15.1. The number of guanidine groups is 1. The largest absolute Gasteiger partial charge is 0.493 e. The number of hydrogen-bond acceptors (Lipinski definition) is 4. The van der Waals surface area contributed by atoms with Gasteiger partial charge < -0.3 is 15.3 Å². The summed E-state index contributed by atoms with van der Waals surface area (Å²) < 4.78 is 42.6. The van der Waals surface area contributed by atoms with Crippen molar-refractivity contribution in [2.24, 2.45) is 5.73 Å². The van der Waals surface area contributed by atoms with Crippen LogP contribution < -0.4 is 10.5 Å². The van der Waals surface area contributed by atoms with Crippen molar-refractivity contribution in [1.29, 1.82) is 5.41 Å². The van der Waals surface area contributed by atoms with Crippen LogP contribution in [0.3, 0.4) is 0 Å².